The van der Waals surface area contributed by atoms with Crippen LogP contribution < -0.4 is 0 Å². The van der Waals surface area contributed by atoms with Gasteiger partial charge in [-0.2, -0.15) is 0 Å². The highest BCUT2D eigenvalue weighted by molar-refractivity contribution is 7.42. The Morgan fingerprint density at radius 1 is 1.17 bits per heavy atom. The van der Waals surface area contributed by atoms with Crippen LogP contribution in [0.5, 0.6) is 0 Å². The van der Waals surface area contributed by atoms with Crippen molar-refractivity contribution in [2.75, 3.05) is 13.3 Å². The number of halogens is 2. The second-order valence-corrected chi connectivity index (χ2v) is 2.72. The van der Waals surface area contributed by atoms with Crippen LogP contribution in [-0.2, 0) is 4.57 Å². The second kappa shape index (κ2) is 9.26. The van der Waals surface area contributed by atoms with Crippen molar-refractivity contribution in [2.45, 2.75) is 0 Å². The summed E-state index contributed by atoms with van der Waals surface area (Å²) in [6.07, 6.45) is 0. The molecule has 0 atom stereocenters. The lowest BCUT2D eigenvalue weighted by atomic mass is 11.9. The lowest BCUT2D eigenvalue weighted by molar-refractivity contribution is 0.594. The first-order valence-electron chi connectivity index (χ1n) is 1.20. The van der Waals surface area contributed by atoms with Crippen molar-refractivity contribution in [3.63, 3.8) is 0 Å². The molecule has 6 heavy (non-hydrogen) atoms. The van der Waals surface area contributed by atoms with Crippen LogP contribution in [0.3, 0.4) is 0 Å². The molecule has 0 aromatic carbocycles. The first-order chi connectivity index (χ1) is 1.73. The summed E-state index contributed by atoms with van der Waals surface area (Å²) in [5.41, 5.74) is 0. The molecule has 4 heteroatoms. The number of rotatable bonds is 0. The van der Waals surface area contributed by atoms with E-state index in [1.165, 1.54) is 0 Å². The fourth-order valence-corrected chi connectivity index (χ4v) is 0. The molecular formula is C2H9Cl2OP. The molecule has 0 bridgehead atoms. The van der Waals surface area contributed by atoms with Gasteiger partial charge in [-0.15, -0.1) is 24.8 Å². The summed E-state index contributed by atoms with van der Waals surface area (Å²) in [5, 5.41) is 0. The molecule has 0 aliphatic rings. The smallest absolute Gasteiger partial charge is 0.0703 e. The molecule has 42 valence electrons. The summed E-state index contributed by atoms with van der Waals surface area (Å²) >= 11 is 0. The Hall–Kier alpha value is 0.810. The zero-order chi connectivity index (χ0) is 3.58. The van der Waals surface area contributed by atoms with E-state index in [-0.39, 0.29) is 24.8 Å². The largest absolute Gasteiger partial charge is 0.327 e. The lowest BCUT2D eigenvalue weighted by Gasteiger charge is -1.59. The van der Waals surface area contributed by atoms with Gasteiger partial charge < -0.3 is 4.57 Å². The van der Waals surface area contributed by atoms with Gasteiger partial charge in [0.25, 0.3) is 0 Å². The lowest BCUT2D eigenvalue weighted by Crippen LogP contribution is -1.33. The monoisotopic (exact) mass is 150 g/mol. The van der Waals surface area contributed by atoms with Gasteiger partial charge in [0.1, 0.15) is 0 Å². The zero-order valence-corrected chi connectivity index (χ0v) is 6.36. The standard InChI is InChI=1S/C2H7OP.2ClH/c1-4(2)3;;/h4H,1-2H3;2*1H. The molecule has 0 saturated heterocycles. The average Bonchev–Trinajstić information content (AvgIpc) is 0.811. The molecule has 0 aliphatic carbocycles. The maximum absolute atomic E-state index is 9.63. The minimum Gasteiger partial charge on any atom is -0.327 e. The van der Waals surface area contributed by atoms with Crippen LogP contribution in [0.1, 0.15) is 0 Å². The van der Waals surface area contributed by atoms with Gasteiger partial charge in [0.15, 0.2) is 0 Å². The van der Waals surface area contributed by atoms with E-state index < -0.39 is 7.80 Å². The van der Waals surface area contributed by atoms with Gasteiger partial charge >= 0.3 is 0 Å². The zero-order valence-electron chi connectivity index (χ0n) is 3.72. The van der Waals surface area contributed by atoms with Crippen molar-refractivity contribution < 1.29 is 4.57 Å². The van der Waals surface area contributed by atoms with Crippen LogP contribution in [0.4, 0.5) is 0 Å². The predicted octanol–water partition coefficient (Wildman–Crippen LogP) is 1.65. The predicted molar refractivity (Wildman–Crippen MR) is 35.3 cm³/mol. The molecule has 0 radical (unpaired) electrons. The van der Waals surface area contributed by atoms with Crippen molar-refractivity contribution in [1.82, 2.24) is 0 Å². The van der Waals surface area contributed by atoms with Gasteiger partial charge in [-0.1, -0.05) is 0 Å². The van der Waals surface area contributed by atoms with Gasteiger partial charge in [-0.25, -0.2) is 0 Å². The topological polar surface area (TPSA) is 17.1 Å². The van der Waals surface area contributed by atoms with E-state index in [9.17, 15) is 4.57 Å². The fraction of sp³-hybridized carbons (Fsp3) is 1.00. The Balaban J connectivity index is -0.0000000450. The van der Waals surface area contributed by atoms with Gasteiger partial charge in [-0.3, -0.25) is 0 Å². The average molecular weight is 151 g/mol. The normalized spacial score (nSPS) is 5.83. The quantitative estimate of drug-likeness (QED) is 0.481. The highest BCUT2D eigenvalue weighted by atomic mass is 35.5. The van der Waals surface area contributed by atoms with Gasteiger partial charge in [0.05, 0.1) is 7.80 Å². The Morgan fingerprint density at radius 2 is 1.17 bits per heavy atom. The highest BCUT2D eigenvalue weighted by Gasteiger charge is 1.58. The van der Waals surface area contributed by atoms with E-state index in [2.05, 4.69) is 0 Å². The van der Waals surface area contributed by atoms with Crippen molar-refractivity contribution in [1.29, 1.82) is 0 Å². The van der Waals surface area contributed by atoms with E-state index in [1.54, 1.807) is 13.3 Å². The van der Waals surface area contributed by atoms with Crippen LogP contribution in [0, 0.1) is 0 Å². The first-order valence-corrected chi connectivity index (χ1v) is 3.61. The fourth-order valence-electron chi connectivity index (χ4n) is 0. The molecule has 0 fully saturated rings. The van der Waals surface area contributed by atoms with Crippen LogP contribution in [0.2, 0.25) is 0 Å². The van der Waals surface area contributed by atoms with Crippen molar-refractivity contribution >= 4 is 32.6 Å². The minimum atomic E-state index is -1.13. The van der Waals surface area contributed by atoms with Gasteiger partial charge in [-0.05, 0) is 13.3 Å². The van der Waals surface area contributed by atoms with Gasteiger partial charge in [0, 0.05) is 0 Å². The molecule has 0 amide bonds. The number of hydrogen-bond donors (Lipinski definition) is 0. The summed E-state index contributed by atoms with van der Waals surface area (Å²) in [6, 6.07) is 0. The van der Waals surface area contributed by atoms with Crippen LogP contribution >= 0.6 is 32.6 Å². The summed E-state index contributed by atoms with van der Waals surface area (Å²) in [4.78, 5) is 0. The minimum absolute atomic E-state index is 0. The third-order valence-electron chi connectivity index (χ3n) is 0. The van der Waals surface area contributed by atoms with Crippen LogP contribution in [0.15, 0.2) is 0 Å². The molecule has 0 heterocycles. The molecule has 0 aromatic rings. The van der Waals surface area contributed by atoms with E-state index >= 15 is 0 Å². The maximum Gasteiger partial charge on any atom is 0.0703 e. The summed E-state index contributed by atoms with van der Waals surface area (Å²) in [5.74, 6) is 0. The molecule has 0 rings (SSSR count). The number of hydrogen-bond acceptors (Lipinski definition) is 1. The molecule has 0 spiro atoms. The van der Waals surface area contributed by atoms with E-state index in [0.29, 0.717) is 0 Å². The third-order valence-corrected chi connectivity index (χ3v) is 0. The Labute approximate surface area is 51.1 Å². The summed E-state index contributed by atoms with van der Waals surface area (Å²) < 4.78 is 9.63. The Bertz CT molecular complexity index is 34.5. The van der Waals surface area contributed by atoms with Crippen molar-refractivity contribution in [3.8, 4) is 0 Å². The molecule has 0 unspecified atom stereocenters. The SMILES string of the molecule is C[PH](C)=O.Cl.Cl. The van der Waals surface area contributed by atoms with E-state index in [0.717, 1.165) is 0 Å². The molecular weight excluding hydrogens is 142 g/mol. The second-order valence-electron chi connectivity index (χ2n) is 0.908. The first kappa shape index (κ1) is 15.8. The third kappa shape index (κ3) is 106. The molecule has 0 saturated carbocycles. The molecule has 0 aliphatic heterocycles. The Morgan fingerprint density at radius 3 is 1.17 bits per heavy atom. The molecule has 0 N–H and O–H groups in total. The Kier molecular flexibility index (Phi) is 24.4. The van der Waals surface area contributed by atoms with E-state index in [4.69, 9.17) is 0 Å². The summed E-state index contributed by atoms with van der Waals surface area (Å²) in [7, 11) is -1.13. The maximum atomic E-state index is 9.63. The van der Waals surface area contributed by atoms with Crippen molar-refractivity contribution in [2.24, 2.45) is 0 Å². The van der Waals surface area contributed by atoms with E-state index in [1.807, 2.05) is 0 Å². The van der Waals surface area contributed by atoms with Crippen LogP contribution in [-0.4, -0.2) is 13.3 Å². The molecule has 1 nitrogen and oxygen atoms in total. The van der Waals surface area contributed by atoms with Crippen LogP contribution in [0.25, 0.3) is 0 Å². The van der Waals surface area contributed by atoms with Crippen molar-refractivity contribution in [3.05, 3.63) is 0 Å². The highest BCUT2D eigenvalue weighted by Crippen LogP contribution is 2.00. The molecule has 0 aromatic heterocycles. The summed E-state index contributed by atoms with van der Waals surface area (Å²) in [6.45, 7) is 3.43. The van der Waals surface area contributed by atoms with Gasteiger partial charge in [0.2, 0.25) is 0 Å².